The first-order valence-corrected chi connectivity index (χ1v) is 9.72. The number of benzene rings is 2. The summed E-state index contributed by atoms with van der Waals surface area (Å²) < 4.78 is 11.8. The van der Waals surface area contributed by atoms with E-state index >= 15 is 0 Å². The van der Waals surface area contributed by atoms with E-state index in [1.165, 1.54) is 23.6 Å². The van der Waals surface area contributed by atoms with Crippen LogP contribution in [0, 0.1) is 0 Å². The molecule has 3 aromatic rings. The van der Waals surface area contributed by atoms with Crippen LogP contribution >= 0.6 is 11.8 Å². The van der Waals surface area contributed by atoms with Crippen LogP contribution in [0.4, 0.5) is 5.69 Å². The number of anilines is 1. The first kappa shape index (κ1) is 20.3. The molecule has 3 rings (SSSR count). The lowest BCUT2D eigenvalue weighted by Gasteiger charge is -2.10. The van der Waals surface area contributed by atoms with Gasteiger partial charge in [0.05, 0.1) is 25.0 Å². The highest BCUT2D eigenvalue weighted by Crippen LogP contribution is 2.26. The second-order valence-electron chi connectivity index (χ2n) is 5.68. The average molecular weight is 413 g/mol. The number of rotatable bonds is 8. The van der Waals surface area contributed by atoms with Gasteiger partial charge in [-0.1, -0.05) is 23.9 Å². The van der Waals surface area contributed by atoms with Gasteiger partial charge < -0.3 is 14.8 Å². The quantitative estimate of drug-likeness (QED) is 0.443. The van der Waals surface area contributed by atoms with Crippen LogP contribution in [0.2, 0.25) is 0 Å². The van der Waals surface area contributed by atoms with Crippen LogP contribution in [0.5, 0.6) is 5.75 Å². The fourth-order valence-electron chi connectivity index (χ4n) is 2.46. The zero-order chi connectivity index (χ0) is 20.6. The van der Waals surface area contributed by atoms with E-state index in [-0.39, 0.29) is 11.7 Å². The summed E-state index contributed by atoms with van der Waals surface area (Å²) in [7, 11) is 1.32. The van der Waals surface area contributed by atoms with Gasteiger partial charge >= 0.3 is 5.97 Å². The lowest BCUT2D eigenvalue weighted by Crippen LogP contribution is -2.15. The Morgan fingerprint density at radius 3 is 2.62 bits per heavy atom. The number of methoxy groups -OCH3 is 1. The van der Waals surface area contributed by atoms with Crippen molar-refractivity contribution in [1.29, 1.82) is 0 Å². The van der Waals surface area contributed by atoms with Crippen molar-refractivity contribution >= 4 is 29.3 Å². The van der Waals surface area contributed by atoms with Crippen LogP contribution in [-0.4, -0.2) is 51.6 Å². The SMILES string of the molecule is CCOc1ccccc1-n1nnnc1SCC(=O)Nc1ccc(C(=O)OC)cc1. The Morgan fingerprint density at radius 1 is 1.14 bits per heavy atom. The van der Waals surface area contributed by atoms with Crippen molar-refractivity contribution in [2.45, 2.75) is 12.1 Å². The Hall–Kier alpha value is -3.40. The summed E-state index contributed by atoms with van der Waals surface area (Å²) in [5, 5.41) is 14.9. The smallest absolute Gasteiger partial charge is 0.337 e. The normalized spacial score (nSPS) is 10.4. The molecule has 1 amide bonds. The number of nitrogens with one attached hydrogen (secondary N) is 1. The van der Waals surface area contributed by atoms with Crippen LogP contribution in [-0.2, 0) is 9.53 Å². The minimum atomic E-state index is -0.433. The highest BCUT2D eigenvalue weighted by molar-refractivity contribution is 7.99. The first-order valence-electron chi connectivity index (χ1n) is 8.74. The molecule has 0 aliphatic rings. The van der Waals surface area contributed by atoms with Crippen LogP contribution in [0.1, 0.15) is 17.3 Å². The molecule has 0 aliphatic carbocycles. The minimum absolute atomic E-state index is 0.107. The zero-order valence-corrected chi connectivity index (χ0v) is 16.7. The second-order valence-corrected chi connectivity index (χ2v) is 6.62. The van der Waals surface area contributed by atoms with E-state index in [2.05, 4.69) is 25.6 Å². The third kappa shape index (κ3) is 5.11. The van der Waals surface area contributed by atoms with Crippen molar-refractivity contribution in [2.75, 3.05) is 24.8 Å². The highest BCUT2D eigenvalue weighted by Gasteiger charge is 2.15. The van der Waals surface area contributed by atoms with Crippen LogP contribution in [0.25, 0.3) is 5.69 Å². The number of ether oxygens (including phenoxy) is 2. The van der Waals surface area contributed by atoms with Crippen molar-refractivity contribution in [1.82, 2.24) is 20.2 Å². The number of hydrogen-bond donors (Lipinski definition) is 1. The molecule has 0 saturated heterocycles. The van der Waals surface area contributed by atoms with E-state index in [1.807, 2.05) is 31.2 Å². The molecular weight excluding hydrogens is 394 g/mol. The lowest BCUT2D eigenvalue weighted by atomic mass is 10.2. The van der Waals surface area contributed by atoms with E-state index in [4.69, 9.17) is 4.74 Å². The summed E-state index contributed by atoms with van der Waals surface area (Å²) in [6.07, 6.45) is 0. The number of aromatic nitrogens is 4. The number of tetrazole rings is 1. The van der Waals surface area contributed by atoms with Gasteiger partial charge in [0.15, 0.2) is 0 Å². The van der Waals surface area contributed by atoms with E-state index in [1.54, 1.807) is 24.3 Å². The molecule has 0 saturated carbocycles. The van der Waals surface area contributed by atoms with E-state index in [0.717, 1.165) is 0 Å². The molecule has 0 atom stereocenters. The van der Waals surface area contributed by atoms with Crippen LogP contribution in [0.15, 0.2) is 53.7 Å². The van der Waals surface area contributed by atoms with Crippen molar-refractivity contribution in [3.63, 3.8) is 0 Å². The van der Waals surface area contributed by atoms with E-state index in [0.29, 0.717) is 34.5 Å². The third-order valence-corrected chi connectivity index (χ3v) is 4.68. The second kappa shape index (κ2) is 9.69. The predicted molar refractivity (Wildman–Crippen MR) is 107 cm³/mol. The van der Waals surface area contributed by atoms with Gasteiger partial charge in [0.25, 0.3) is 0 Å². The zero-order valence-electron chi connectivity index (χ0n) is 15.9. The standard InChI is InChI=1S/C19H19N5O4S/c1-3-28-16-7-5-4-6-15(16)24-19(21-22-23-24)29-12-17(25)20-14-10-8-13(9-11-14)18(26)27-2/h4-11H,3,12H2,1-2H3,(H,20,25). The lowest BCUT2D eigenvalue weighted by molar-refractivity contribution is -0.113. The van der Waals surface area contributed by atoms with Crippen LogP contribution in [0.3, 0.4) is 0 Å². The largest absolute Gasteiger partial charge is 0.492 e. The molecule has 2 aromatic carbocycles. The van der Waals surface area contributed by atoms with Gasteiger partial charge in [-0.2, -0.15) is 4.68 Å². The number of nitrogens with zero attached hydrogens (tertiary/aromatic N) is 4. The van der Waals surface area contributed by atoms with Gasteiger partial charge in [-0.25, -0.2) is 4.79 Å². The third-order valence-electron chi connectivity index (χ3n) is 3.76. The molecule has 1 N–H and O–H groups in total. The summed E-state index contributed by atoms with van der Waals surface area (Å²) in [6, 6.07) is 13.8. The molecule has 0 unspecified atom stereocenters. The van der Waals surface area contributed by atoms with Crippen LogP contribution < -0.4 is 10.1 Å². The summed E-state index contributed by atoms with van der Waals surface area (Å²) in [4.78, 5) is 23.7. The average Bonchev–Trinajstić information content (AvgIpc) is 3.21. The fraction of sp³-hybridized carbons (Fsp3) is 0.211. The Bertz CT molecular complexity index is 990. The highest BCUT2D eigenvalue weighted by atomic mass is 32.2. The molecule has 29 heavy (non-hydrogen) atoms. The van der Waals surface area contributed by atoms with Crippen molar-refractivity contribution < 1.29 is 19.1 Å². The Kier molecular flexibility index (Phi) is 6.80. The maximum Gasteiger partial charge on any atom is 0.337 e. The number of hydrogen-bond acceptors (Lipinski definition) is 8. The van der Waals surface area contributed by atoms with Gasteiger partial charge in [-0.3, -0.25) is 4.79 Å². The number of thioether (sulfide) groups is 1. The van der Waals surface area contributed by atoms with Gasteiger partial charge in [0.2, 0.25) is 11.1 Å². The summed E-state index contributed by atoms with van der Waals surface area (Å²) >= 11 is 1.20. The molecule has 0 bridgehead atoms. The molecule has 1 heterocycles. The molecule has 0 aliphatic heterocycles. The molecule has 0 spiro atoms. The number of carbonyl (C=O) groups is 2. The molecule has 9 nitrogen and oxygen atoms in total. The predicted octanol–water partition coefficient (Wildman–Crippen LogP) is 2.58. The Balaban J connectivity index is 1.63. The number of esters is 1. The van der Waals surface area contributed by atoms with Crippen molar-refractivity contribution in [3.05, 3.63) is 54.1 Å². The summed E-state index contributed by atoms with van der Waals surface area (Å²) in [5.74, 6) is 0.0981. The topological polar surface area (TPSA) is 108 Å². The molecule has 0 fully saturated rings. The molecule has 150 valence electrons. The molecule has 10 heteroatoms. The maximum absolute atomic E-state index is 12.3. The maximum atomic E-state index is 12.3. The van der Waals surface area contributed by atoms with E-state index < -0.39 is 5.97 Å². The monoisotopic (exact) mass is 413 g/mol. The first-order chi connectivity index (χ1) is 14.1. The number of para-hydroxylation sites is 2. The number of amides is 1. The summed E-state index contributed by atoms with van der Waals surface area (Å²) in [6.45, 7) is 2.41. The van der Waals surface area contributed by atoms with Crippen molar-refractivity contribution in [3.8, 4) is 11.4 Å². The van der Waals surface area contributed by atoms with E-state index in [9.17, 15) is 9.59 Å². The van der Waals surface area contributed by atoms with Crippen molar-refractivity contribution in [2.24, 2.45) is 0 Å². The number of carbonyl (C=O) groups excluding carboxylic acids is 2. The minimum Gasteiger partial charge on any atom is -0.492 e. The van der Waals surface area contributed by atoms with Gasteiger partial charge in [0, 0.05) is 5.69 Å². The Labute approximate surface area is 171 Å². The Morgan fingerprint density at radius 2 is 1.90 bits per heavy atom. The van der Waals surface area contributed by atoms with Gasteiger partial charge in [-0.05, 0) is 53.7 Å². The summed E-state index contributed by atoms with van der Waals surface area (Å²) in [5.41, 5.74) is 1.68. The van der Waals surface area contributed by atoms with Gasteiger partial charge in [-0.15, -0.1) is 5.10 Å². The molecular formula is C19H19N5O4S. The molecule has 1 aromatic heterocycles. The fourth-order valence-corrected chi connectivity index (χ4v) is 3.15. The molecule has 0 radical (unpaired) electrons. The van der Waals surface area contributed by atoms with Gasteiger partial charge in [0.1, 0.15) is 11.4 Å².